The van der Waals surface area contributed by atoms with Gasteiger partial charge in [0.1, 0.15) is 5.01 Å². The molecule has 0 bridgehead atoms. The van der Waals surface area contributed by atoms with E-state index in [1.54, 1.807) is 11.3 Å². The third-order valence-electron chi connectivity index (χ3n) is 3.49. The van der Waals surface area contributed by atoms with Gasteiger partial charge in [-0.15, -0.1) is 11.3 Å². The summed E-state index contributed by atoms with van der Waals surface area (Å²) < 4.78 is 0. The van der Waals surface area contributed by atoms with Crippen molar-refractivity contribution in [3.8, 4) is 10.6 Å². The standard InChI is InChI=1S/C16H22N2S/c1-6-17-12(4)15-13(5)18-16(19-15)14-8-7-10(2)11(3)9-14/h7-9,12,17H,6H2,1-5H3. The number of nitrogens with zero attached hydrogens (tertiary/aromatic N) is 1. The number of hydrogen-bond acceptors (Lipinski definition) is 3. The number of aryl methyl sites for hydroxylation is 3. The Morgan fingerprint density at radius 2 is 1.95 bits per heavy atom. The van der Waals surface area contributed by atoms with Gasteiger partial charge in [-0.1, -0.05) is 19.1 Å². The number of aromatic nitrogens is 1. The molecule has 1 heterocycles. The van der Waals surface area contributed by atoms with Gasteiger partial charge in [0.15, 0.2) is 0 Å². The number of benzene rings is 1. The second kappa shape index (κ2) is 5.85. The van der Waals surface area contributed by atoms with Gasteiger partial charge in [0.05, 0.1) is 5.69 Å². The number of hydrogen-bond donors (Lipinski definition) is 1. The second-order valence-electron chi connectivity index (χ2n) is 5.05. The van der Waals surface area contributed by atoms with E-state index in [-0.39, 0.29) is 0 Å². The van der Waals surface area contributed by atoms with Crippen molar-refractivity contribution in [3.05, 3.63) is 39.9 Å². The lowest BCUT2D eigenvalue weighted by Crippen LogP contribution is -2.17. The summed E-state index contributed by atoms with van der Waals surface area (Å²) in [7, 11) is 0. The molecule has 0 spiro atoms. The molecule has 102 valence electrons. The van der Waals surface area contributed by atoms with Gasteiger partial charge in [-0.05, 0) is 51.4 Å². The van der Waals surface area contributed by atoms with Crippen LogP contribution in [0, 0.1) is 20.8 Å². The van der Waals surface area contributed by atoms with Gasteiger partial charge in [-0.3, -0.25) is 0 Å². The smallest absolute Gasteiger partial charge is 0.123 e. The molecule has 1 unspecified atom stereocenters. The van der Waals surface area contributed by atoms with Crippen LogP contribution in [0.25, 0.3) is 10.6 Å². The monoisotopic (exact) mass is 274 g/mol. The van der Waals surface area contributed by atoms with Crippen molar-refractivity contribution in [2.45, 2.75) is 40.7 Å². The molecule has 3 heteroatoms. The first-order valence-corrected chi connectivity index (χ1v) is 7.63. The van der Waals surface area contributed by atoms with Gasteiger partial charge >= 0.3 is 0 Å². The largest absolute Gasteiger partial charge is 0.310 e. The molecule has 2 nitrogen and oxygen atoms in total. The van der Waals surface area contributed by atoms with Gasteiger partial charge in [-0.25, -0.2) is 4.98 Å². The summed E-state index contributed by atoms with van der Waals surface area (Å²) in [5.74, 6) is 0. The number of rotatable bonds is 4. The van der Waals surface area contributed by atoms with Crippen LogP contribution in [0.5, 0.6) is 0 Å². The fourth-order valence-corrected chi connectivity index (χ4v) is 3.30. The van der Waals surface area contributed by atoms with Crippen molar-refractivity contribution in [1.29, 1.82) is 0 Å². The quantitative estimate of drug-likeness (QED) is 0.893. The Hall–Kier alpha value is -1.19. The maximum Gasteiger partial charge on any atom is 0.123 e. The SMILES string of the molecule is CCNC(C)c1sc(-c2ccc(C)c(C)c2)nc1C. The lowest BCUT2D eigenvalue weighted by atomic mass is 10.1. The first kappa shape index (κ1) is 14.2. The third-order valence-corrected chi connectivity index (χ3v) is 4.88. The Kier molecular flexibility index (Phi) is 4.38. The first-order valence-electron chi connectivity index (χ1n) is 6.81. The summed E-state index contributed by atoms with van der Waals surface area (Å²) in [5, 5.41) is 4.58. The second-order valence-corrected chi connectivity index (χ2v) is 6.08. The number of nitrogens with one attached hydrogen (secondary N) is 1. The Labute approximate surface area is 119 Å². The molecule has 2 aromatic rings. The highest BCUT2D eigenvalue weighted by atomic mass is 32.1. The van der Waals surface area contributed by atoms with Gasteiger partial charge in [0.25, 0.3) is 0 Å². The summed E-state index contributed by atoms with van der Waals surface area (Å²) in [6, 6.07) is 6.95. The van der Waals surface area contributed by atoms with E-state index in [0.717, 1.165) is 17.2 Å². The van der Waals surface area contributed by atoms with Crippen molar-refractivity contribution < 1.29 is 0 Å². The summed E-state index contributed by atoms with van der Waals surface area (Å²) in [6.07, 6.45) is 0. The Balaban J connectivity index is 2.36. The highest BCUT2D eigenvalue weighted by molar-refractivity contribution is 7.15. The average molecular weight is 274 g/mol. The average Bonchev–Trinajstić information content (AvgIpc) is 2.75. The van der Waals surface area contributed by atoms with Crippen molar-refractivity contribution in [1.82, 2.24) is 10.3 Å². The van der Waals surface area contributed by atoms with Crippen molar-refractivity contribution in [2.24, 2.45) is 0 Å². The first-order chi connectivity index (χ1) is 9.02. The molecule has 1 N–H and O–H groups in total. The highest BCUT2D eigenvalue weighted by Crippen LogP contribution is 2.32. The maximum absolute atomic E-state index is 4.73. The van der Waals surface area contributed by atoms with Crippen LogP contribution in [-0.4, -0.2) is 11.5 Å². The molecule has 19 heavy (non-hydrogen) atoms. The molecule has 1 atom stereocenters. The van der Waals surface area contributed by atoms with E-state index in [9.17, 15) is 0 Å². The lowest BCUT2D eigenvalue weighted by molar-refractivity contribution is 0.603. The minimum absolute atomic E-state index is 0.378. The van der Waals surface area contributed by atoms with Gasteiger partial charge < -0.3 is 5.32 Å². The Morgan fingerprint density at radius 3 is 2.58 bits per heavy atom. The third kappa shape index (κ3) is 3.04. The zero-order valence-corrected chi connectivity index (χ0v) is 13.2. The number of thiazole rings is 1. The van der Waals surface area contributed by atoms with Gasteiger partial charge in [0.2, 0.25) is 0 Å². The Morgan fingerprint density at radius 1 is 1.21 bits per heavy atom. The predicted molar refractivity (Wildman–Crippen MR) is 83.9 cm³/mol. The van der Waals surface area contributed by atoms with Crippen LogP contribution in [-0.2, 0) is 0 Å². The van der Waals surface area contributed by atoms with Crippen LogP contribution >= 0.6 is 11.3 Å². The van der Waals surface area contributed by atoms with Crippen molar-refractivity contribution in [3.63, 3.8) is 0 Å². The zero-order chi connectivity index (χ0) is 14.0. The molecular formula is C16H22N2S. The molecule has 0 radical (unpaired) electrons. The van der Waals surface area contributed by atoms with Crippen LogP contribution in [0.2, 0.25) is 0 Å². The summed E-state index contributed by atoms with van der Waals surface area (Å²) in [6.45, 7) is 11.7. The van der Waals surface area contributed by atoms with Crippen LogP contribution in [0.4, 0.5) is 0 Å². The van der Waals surface area contributed by atoms with Gasteiger partial charge in [-0.2, -0.15) is 0 Å². The highest BCUT2D eigenvalue weighted by Gasteiger charge is 2.14. The molecule has 1 aromatic carbocycles. The van der Waals surface area contributed by atoms with Crippen LogP contribution in [0.3, 0.4) is 0 Å². The molecule has 0 aliphatic rings. The molecular weight excluding hydrogens is 252 g/mol. The fourth-order valence-electron chi connectivity index (χ4n) is 2.21. The van der Waals surface area contributed by atoms with Crippen molar-refractivity contribution >= 4 is 11.3 Å². The predicted octanol–water partition coefficient (Wildman–Crippen LogP) is 4.41. The zero-order valence-electron chi connectivity index (χ0n) is 12.4. The Bertz CT molecular complexity index is 572. The van der Waals surface area contributed by atoms with E-state index in [1.165, 1.54) is 21.6 Å². The van der Waals surface area contributed by atoms with Gasteiger partial charge in [0, 0.05) is 16.5 Å². The van der Waals surface area contributed by atoms with E-state index in [1.807, 2.05) is 0 Å². The molecule has 0 aliphatic carbocycles. The van der Waals surface area contributed by atoms with E-state index in [2.05, 4.69) is 58.1 Å². The molecule has 0 amide bonds. The van der Waals surface area contributed by atoms with E-state index in [4.69, 9.17) is 4.98 Å². The van der Waals surface area contributed by atoms with E-state index < -0.39 is 0 Å². The minimum atomic E-state index is 0.378. The minimum Gasteiger partial charge on any atom is -0.310 e. The molecule has 2 rings (SSSR count). The maximum atomic E-state index is 4.73. The van der Waals surface area contributed by atoms with Crippen LogP contribution in [0.1, 0.15) is 41.6 Å². The molecule has 1 aromatic heterocycles. The molecule has 0 saturated heterocycles. The van der Waals surface area contributed by atoms with E-state index in [0.29, 0.717) is 6.04 Å². The normalized spacial score (nSPS) is 12.7. The lowest BCUT2D eigenvalue weighted by Gasteiger charge is -2.09. The molecule has 0 aliphatic heterocycles. The topological polar surface area (TPSA) is 24.9 Å². The molecule has 0 fully saturated rings. The fraction of sp³-hybridized carbons (Fsp3) is 0.438. The summed E-state index contributed by atoms with van der Waals surface area (Å²) >= 11 is 1.80. The summed E-state index contributed by atoms with van der Waals surface area (Å²) in [4.78, 5) is 6.08. The van der Waals surface area contributed by atoms with Crippen LogP contribution in [0.15, 0.2) is 18.2 Å². The van der Waals surface area contributed by atoms with Crippen molar-refractivity contribution in [2.75, 3.05) is 6.54 Å². The summed E-state index contributed by atoms with van der Waals surface area (Å²) in [5.41, 5.74) is 5.03. The van der Waals surface area contributed by atoms with Crippen LogP contribution < -0.4 is 5.32 Å². The van der Waals surface area contributed by atoms with E-state index >= 15 is 0 Å². The molecule has 0 saturated carbocycles.